The molecule has 0 saturated heterocycles. The average molecular weight is 365 g/mol. The molecule has 0 amide bonds. The predicted octanol–water partition coefficient (Wildman–Crippen LogP) is 4.57. The summed E-state index contributed by atoms with van der Waals surface area (Å²) in [6.07, 6.45) is 0. The van der Waals surface area contributed by atoms with E-state index in [2.05, 4.69) is 9.71 Å². The first-order chi connectivity index (χ1) is 11.0. The number of halogens is 1. The zero-order chi connectivity index (χ0) is 16.4. The van der Waals surface area contributed by atoms with E-state index in [9.17, 15) is 8.42 Å². The Bertz CT molecular complexity index is 952. The molecule has 118 valence electrons. The topological polar surface area (TPSA) is 59.1 Å². The number of anilines is 1. The molecular formula is C16H13ClN2O2S2. The lowest BCUT2D eigenvalue weighted by Gasteiger charge is -2.10. The summed E-state index contributed by atoms with van der Waals surface area (Å²) in [5, 5.41) is 3.09. The van der Waals surface area contributed by atoms with Crippen LogP contribution < -0.4 is 4.72 Å². The molecule has 0 bridgehead atoms. The van der Waals surface area contributed by atoms with Gasteiger partial charge in [0, 0.05) is 16.6 Å². The van der Waals surface area contributed by atoms with Crippen LogP contribution in [0.1, 0.15) is 5.01 Å². The van der Waals surface area contributed by atoms with Crippen molar-refractivity contribution >= 4 is 38.6 Å². The Labute approximate surface area is 143 Å². The number of rotatable bonds is 4. The van der Waals surface area contributed by atoms with Gasteiger partial charge in [-0.15, -0.1) is 11.3 Å². The van der Waals surface area contributed by atoms with E-state index in [1.54, 1.807) is 47.7 Å². The minimum absolute atomic E-state index is 0.0524. The number of thiazole rings is 1. The smallest absolute Gasteiger partial charge is 0.263 e. The van der Waals surface area contributed by atoms with E-state index in [-0.39, 0.29) is 9.92 Å². The van der Waals surface area contributed by atoms with Crippen molar-refractivity contribution in [2.24, 2.45) is 0 Å². The average Bonchev–Trinajstić information content (AvgIpc) is 2.94. The van der Waals surface area contributed by atoms with Gasteiger partial charge in [0.05, 0.1) is 15.7 Å². The second-order valence-corrected chi connectivity index (χ2v) is 7.99. The third-order valence-corrected chi connectivity index (χ3v) is 5.81. The summed E-state index contributed by atoms with van der Waals surface area (Å²) in [5.41, 5.74) is 2.15. The van der Waals surface area contributed by atoms with Crippen LogP contribution in [0.25, 0.3) is 11.3 Å². The Hall–Kier alpha value is -1.89. The van der Waals surface area contributed by atoms with Crippen LogP contribution in [-0.4, -0.2) is 13.4 Å². The molecule has 0 unspecified atom stereocenters. The Morgan fingerprint density at radius 1 is 1.13 bits per heavy atom. The molecule has 4 nitrogen and oxygen atoms in total. The fourth-order valence-corrected chi connectivity index (χ4v) is 4.30. The summed E-state index contributed by atoms with van der Waals surface area (Å²) in [5.74, 6) is 0. The van der Waals surface area contributed by atoms with Gasteiger partial charge in [-0.2, -0.15) is 0 Å². The van der Waals surface area contributed by atoms with Gasteiger partial charge in [-0.1, -0.05) is 35.9 Å². The highest BCUT2D eigenvalue weighted by atomic mass is 35.5. The number of aromatic nitrogens is 1. The summed E-state index contributed by atoms with van der Waals surface area (Å²) in [7, 11) is -3.74. The highest BCUT2D eigenvalue weighted by Crippen LogP contribution is 2.27. The second-order valence-electron chi connectivity index (χ2n) is 4.87. The first-order valence-corrected chi connectivity index (χ1v) is 9.50. The first-order valence-electron chi connectivity index (χ1n) is 6.75. The Morgan fingerprint density at radius 3 is 2.61 bits per heavy atom. The summed E-state index contributed by atoms with van der Waals surface area (Å²) in [6, 6.07) is 13.5. The van der Waals surface area contributed by atoms with E-state index in [4.69, 9.17) is 11.6 Å². The van der Waals surface area contributed by atoms with Crippen molar-refractivity contribution in [2.45, 2.75) is 11.8 Å². The van der Waals surface area contributed by atoms with E-state index in [0.717, 1.165) is 16.3 Å². The third-order valence-electron chi connectivity index (χ3n) is 3.16. The molecule has 2 aromatic carbocycles. The van der Waals surface area contributed by atoms with Crippen LogP contribution in [0.2, 0.25) is 5.02 Å². The fraction of sp³-hybridized carbons (Fsp3) is 0.0625. The molecule has 3 rings (SSSR count). The number of nitrogens with zero attached hydrogens (tertiary/aromatic N) is 1. The van der Waals surface area contributed by atoms with E-state index < -0.39 is 10.0 Å². The maximum absolute atomic E-state index is 12.5. The minimum Gasteiger partial charge on any atom is -0.280 e. The molecule has 0 fully saturated rings. The van der Waals surface area contributed by atoms with Crippen LogP contribution in [0, 0.1) is 6.92 Å². The van der Waals surface area contributed by atoms with Crippen LogP contribution in [0.4, 0.5) is 5.69 Å². The Balaban J connectivity index is 1.93. The van der Waals surface area contributed by atoms with Gasteiger partial charge >= 0.3 is 0 Å². The standard InChI is InChI=1S/C16H13ClN2O2S2/c1-11-18-15(10-22-11)12-5-4-6-13(9-12)19-23(20,21)16-8-3-2-7-14(16)17/h2-10,19H,1H3. The molecule has 1 heterocycles. The highest BCUT2D eigenvalue weighted by Gasteiger charge is 2.17. The Morgan fingerprint density at radius 2 is 1.91 bits per heavy atom. The van der Waals surface area contributed by atoms with Crippen molar-refractivity contribution in [3.8, 4) is 11.3 Å². The van der Waals surface area contributed by atoms with Gasteiger partial charge in [0.15, 0.2) is 0 Å². The minimum atomic E-state index is -3.74. The monoisotopic (exact) mass is 364 g/mol. The molecule has 0 aliphatic heterocycles. The van der Waals surface area contributed by atoms with Gasteiger partial charge in [0.25, 0.3) is 10.0 Å². The van der Waals surface area contributed by atoms with Crippen LogP contribution in [0.15, 0.2) is 58.8 Å². The van der Waals surface area contributed by atoms with Crippen LogP contribution in [0.5, 0.6) is 0 Å². The predicted molar refractivity (Wildman–Crippen MR) is 94.5 cm³/mol. The van der Waals surface area contributed by atoms with E-state index in [1.165, 1.54) is 6.07 Å². The number of nitrogens with one attached hydrogen (secondary N) is 1. The quantitative estimate of drug-likeness (QED) is 0.737. The number of hydrogen-bond donors (Lipinski definition) is 1. The van der Waals surface area contributed by atoms with E-state index >= 15 is 0 Å². The van der Waals surface area contributed by atoms with Crippen molar-refractivity contribution in [2.75, 3.05) is 4.72 Å². The van der Waals surface area contributed by atoms with Crippen molar-refractivity contribution < 1.29 is 8.42 Å². The van der Waals surface area contributed by atoms with Crippen LogP contribution in [-0.2, 0) is 10.0 Å². The fourth-order valence-electron chi connectivity index (χ4n) is 2.11. The summed E-state index contributed by atoms with van der Waals surface area (Å²) in [4.78, 5) is 4.46. The van der Waals surface area contributed by atoms with Crippen molar-refractivity contribution in [1.82, 2.24) is 4.98 Å². The Kier molecular flexibility index (Phi) is 4.39. The van der Waals surface area contributed by atoms with Gasteiger partial charge in [-0.25, -0.2) is 13.4 Å². The molecule has 7 heteroatoms. The molecule has 1 aromatic heterocycles. The SMILES string of the molecule is Cc1nc(-c2cccc(NS(=O)(=O)c3ccccc3Cl)c2)cs1. The lowest BCUT2D eigenvalue weighted by atomic mass is 10.1. The molecule has 0 spiro atoms. The van der Waals surface area contributed by atoms with Crippen molar-refractivity contribution in [3.05, 3.63) is 63.9 Å². The van der Waals surface area contributed by atoms with E-state index in [0.29, 0.717) is 5.69 Å². The lowest BCUT2D eigenvalue weighted by molar-refractivity contribution is 0.601. The van der Waals surface area contributed by atoms with Crippen molar-refractivity contribution in [1.29, 1.82) is 0 Å². The molecule has 0 radical (unpaired) electrons. The number of benzene rings is 2. The number of hydrogen-bond acceptors (Lipinski definition) is 4. The van der Waals surface area contributed by atoms with Gasteiger partial charge in [0.2, 0.25) is 0 Å². The van der Waals surface area contributed by atoms with E-state index in [1.807, 2.05) is 18.4 Å². The number of aryl methyl sites for hydroxylation is 1. The lowest BCUT2D eigenvalue weighted by Crippen LogP contribution is -2.13. The second kappa shape index (κ2) is 6.31. The largest absolute Gasteiger partial charge is 0.280 e. The normalized spacial score (nSPS) is 11.4. The zero-order valence-corrected chi connectivity index (χ0v) is 14.5. The summed E-state index contributed by atoms with van der Waals surface area (Å²) < 4.78 is 27.5. The molecule has 3 aromatic rings. The van der Waals surface area contributed by atoms with Gasteiger partial charge in [-0.3, -0.25) is 4.72 Å². The molecule has 1 N–H and O–H groups in total. The van der Waals surface area contributed by atoms with Gasteiger partial charge in [0.1, 0.15) is 4.90 Å². The molecule has 23 heavy (non-hydrogen) atoms. The van der Waals surface area contributed by atoms with Crippen LogP contribution >= 0.6 is 22.9 Å². The van der Waals surface area contributed by atoms with Crippen LogP contribution in [0.3, 0.4) is 0 Å². The molecule has 0 saturated carbocycles. The van der Waals surface area contributed by atoms with Crippen molar-refractivity contribution in [3.63, 3.8) is 0 Å². The molecule has 0 aliphatic rings. The summed E-state index contributed by atoms with van der Waals surface area (Å²) >= 11 is 7.53. The third kappa shape index (κ3) is 3.55. The molecule has 0 aliphatic carbocycles. The first kappa shape index (κ1) is 16.0. The maximum Gasteiger partial charge on any atom is 0.263 e. The van der Waals surface area contributed by atoms with Gasteiger partial charge < -0.3 is 0 Å². The van der Waals surface area contributed by atoms with Gasteiger partial charge in [-0.05, 0) is 31.2 Å². The zero-order valence-electron chi connectivity index (χ0n) is 12.2. The maximum atomic E-state index is 12.5. The number of sulfonamides is 1. The summed E-state index contributed by atoms with van der Waals surface area (Å²) in [6.45, 7) is 1.93. The molecular weight excluding hydrogens is 352 g/mol. The highest BCUT2D eigenvalue weighted by molar-refractivity contribution is 7.92. The molecule has 0 atom stereocenters.